The normalized spacial score (nSPS) is 14.5. The quantitative estimate of drug-likeness (QED) is 0.615. The van der Waals surface area contributed by atoms with E-state index in [-0.39, 0.29) is 0 Å². The second-order valence-electron chi connectivity index (χ2n) is 4.43. The monoisotopic (exact) mass is 241 g/mol. The van der Waals surface area contributed by atoms with Gasteiger partial charge in [-0.2, -0.15) is 0 Å². The van der Waals surface area contributed by atoms with Gasteiger partial charge in [-0.15, -0.1) is 0 Å². The van der Waals surface area contributed by atoms with Crippen LogP contribution < -0.4 is 5.32 Å². The SMILES string of the molecule is Cc1cc(C)cc(NCCCP(C)(=O)O)c1. The van der Waals surface area contributed by atoms with Crippen LogP contribution in [0.1, 0.15) is 17.5 Å². The summed E-state index contributed by atoms with van der Waals surface area (Å²) in [6.45, 7) is 6.27. The molecule has 0 bridgehead atoms. The molecule has 1 unspecified atom stereocenters. The topological polar surface area (TPSA) is 49.3 Å². The molecule has 0 heterocycles. The molecule has 1 aromatic rings. The van der Waals surface area contributed by atoms with Crippen LogP contribution in [0.3, 0.4) is 0 Å². The molecule has 2 N–H and O–H groups in total. The van der Waals surface area contributed by atoms with Crippen LogP contribution in [-0.2, 0) is 4.57 Å². The Hall–Kier alpha value is -0.790. The summed E-state index contributed by atoms with van der Waals surface area (Å²) in [7, 11) is -2.85. The van der Waals surface area contributed by atoms with Gasteiger partial charge in [0.15, 0.2) is 7.37 Å². The van der Waals surface area contributed by atoms with Crippen molar-refractivity contribution in [3.05, 3.63) is 29.3 Å². The largest absolute Gasteiger partial charge is 0.385 e. The third-order valence-electron chi connectivity index (χ3n) is 2.30. The summed E-state index contributed by atoms with van der Waals surface area (Å²) in [5.74, 6) is 0. The summed E-state index contributed by atoms with van der Waals surface area (Å²) < 4.78 is 11.1. The minimum atomic E-state index is -2.85. The molecule has 0 aromatic heterocycles. The van der Waals surface area contributed by atoms with E-state index >= 15 is 0 Å². The Morgan fingerprint density at radius 2 is 1.81 bits per heavy atom. The van der Waals surface area contributed by atoms with E-state index in [1.54, 1.807) is 0 Å². The van der Waals surface area contributed by atoms with Crippen molar-refractivity contribution in [2.45, 2.75) is 20.3 Å². The molecule has 4 heteroatoms. The summed E-state index contributed by atoms with van der Waals surface area (Å²) in [5, 5.41) is 3.27. The Bertz CT molecular complexity index is 378. The van der Waals surface area contributed by atoms with Crippen LogP contribution in [0.2, 0.25) is 0 Å². The lowest BCUT2D eigenvalue weighted by Gasteiger charge is -2.09. The van der Waals surface area contributed by atoms with Gasteiger partial charge in [0.1, 0.15) is 0 Å². The molecule has 16 heavy (non-hydrogen) atoms. The highest BCUT2D eigenvalue weighted by molar-refractivity contribution is 7.57. The van der Waals surface area contributed by atoms with Gasteiger partial charge in [0, 0.05) is 25.1 Å². The summed E-state index contributed by atoms with van der Waals surface area (Å²) in [4.78, 5) is 9.13. The third kappa shape index (κ3) is 5.34. The molecule has 1 rings (SSSR count). The van der Waals surface area contributed by atoms with Crippen LogP contribution in [0.4, 0.5) is 5.69 Å². The lowest BCUT2D eigenvalue weighted by Crippen LogP contribution is -2.04. The maximum absolute atomic E-state index is 11.1. The van der Waals surface area contributed by atoms with Gasteiger partial charge in [-0.3, -0.25) is 4.57 Å². The smallest absolute Gasteiger partial charge is 0.197 e. The van der Waals surface area contributed by atoms with E-state index in [1.807, 2.05) is 0 Å². The van der Waals surface area contributed by atoms with Crippen molar-refractivity contribution in [3.63, 3.8) is 0 Å². The first-order chi connectivity index (χ1) is 7.37. The molecule has 0 aliphatic carbocycles. The Labute approximate surface area is 97.3 Å². The van der Waals surface area contributed by atoms with Gasteiger partial charge in [-0.05, 0) is 43.5 Å². The third-order valence-corrected chi connectivity index (χ3v) is 3.45. The fraction of sp³-hybridized carbons (Fsp3) is 0.500. The first-order valence-electron chi connectivity index (χ1n) is 5.48. The molecule has 0 radical (unpaired) electrons. The maximum atomic E-state index is 11.1. The predicted molar refractivity (Wildman–Crippen MR) is 69.6 cm³/mol. The van der Waals surface area contributed by atoms with Crippen LogP contribution in [-0.4, -0.2) is 24.3 Å². The van der Waals surface area contributed by atoms with Crippen molar-refractivity contribution in [1.82, 2.24) is 0 Å². The summed E-state index contributed by atoms with van der Waals surface area (Å²) >= 11 is 0. The van der Waals surface area contributed by atoms with Crippen molar-refractivity contribution in [2.75, 3.05) is 24.7 Å². The Morgan fingerprint density at radius 1 is 1.25 bits per heavy atom. The van der Waals surface area contributed by atoms with Crippen molar-refractivity contribution in [2.24, 2.45) is 0 Å². The van der Waals surface area contributed by atoms with E-state index < -0.39 is 7.37 Å². The number of rotatable bonds is 5. The molecular weight excluding hydrogens is 221 g/mol. The van der Waals surface area contributed by atoms with Gasteiger partial charge >= 0.3 is 0 Å². The molecule has 0 amide bonds. The van der Waals surface area contributed by atoms with Crippen LogP contribution in [0.5, 0.6) is 0 Å². The van der Waals surface area contributed by atoms with Gasteiger partial charge in [-0.25, -0.2) is 0 Å². The maximum Gasteiger partial charge on any atom is 0.197 e. The number of hydrogen-bond acceptors (Lipinski definition) is 2. The molecule has 0 saturated heterocycles. The lowest BCUT2D eigenvalue weighted by molar-refractivity contribution is 0.483. The van der Waals surface area contributed by atoms with E-state index in [2.05, 4.69) is 37.4 Å². The van der Waals surface area contributed by atoms with Gasteiger partial charge in [-0.1, -0.05) is 6.07 Å². The number of nitrogens with one attached hydrogen (secondary N) is 1. The minimum absolute atomic E-state index is 0.380. The molecule has 0 saturated carbocycles. The van der Waals surface area contributed by atoms with Crippen LogP contribution in [0.25, 0.3) is 0 Å². The average molecular weight is 241 g/mol. The minimum Gasteiger partial charge on any atom is -0.385 e. The van der Waals surface area contributed by atoms with Gasteiger partial charge in [0.05, 0.1) is 0 Å². The van der Waals surface area contributed by atoms with E-state index in [1.165, 1.54) is 17.8 Å². The summed E-state index contributed by atoms with van der Waals surface area (Å²) in [6.07, 6.45) is 1.10. The zero-order chi connectivity index (χ0) is 12.2. The number of aryl methyl sites for hydroxylation is 2. The Balaban J connectivity index is 2.40. The molecule has 0 spiro atoms. The standard InChI is InChI=1S/C12H20NO2P/c1-10-7-11(2)9-12(8-10)13-5-4-6-16(3,14)15/h7-9,13H,4-6H2,1-3H3,(H,14,15). The fourth-order valence-corrected chi connectivity index (χ4v) is 2.43. The van der Waals surface area contributed by atoms with E-state index in [9.17, 15) is 4.57 Å². The zero-order valence-corrected chi connectivity index (χ0v) is 11.1. The Kier molecular flexibility index (Phi) is 4.57. The molecule has 0 aliphatic rings. The zero-order valence-electron chi connectivity index (χ0n) is 10.2. The van der Waals surface area contributed by atoms with Crippen molar-refractivity contribution < 1.29 is 9.46 Å². The second-order valence-corrected chi connectivity index (χ2v) is 6.98. The summed E-state index contributed by atoms with van der Waals surface area (Å²) in [5.41, 5.74) is 3.54. The van der Waals surface area contributed by atoms with Crippen molar-refractivity contribution in [1.29, 1.82) is 0 Å². The van der Waals surface area contributed by atoms with E-state index in [0.29, 0.717) is 6.16 Å². The molecule has 1 atom stereocenters. The van der Waals surface area contributed by atoms with Crippen LogP contribution >= 0.6 is 7.37 Å². The van der Waals surface area contributed by atoms with Crippen molar-refractivity contribution in [3.8, 4) is 0 Å². The highest BCUT2D eigenvalue weighted by Crippen LogP contribution is 2.35. The fourth-order valence-electron chi connectivity index (χ4n) is 1.68. The van der Waals surface area contributed by atoms with Crippen molar-refractivity contribution >= 4 is 13.1 Å². The molecule has 1 aromatic carbocycles. The van der Waals surface area contributed by atoms with Crippen LogP contribution in [0.15, 0.2) is 18.2 Å². The lowest BCUT2D eigenvalue weighted by atomic mass is 10.1. The average Bonchev–Trinajstić information content (AvgIpc) is 2.09. The molecule has 0 fully saturated rings. The van der Waals surface area contributed by atoms with Crippen LogP contribution in [0, 0.1) is 13.8 Å². The van der Waals surface area contributed by atoms with Gasteiger partial charge in [0.25, 0.3) is 0 Å². The number of benzene rings is 1. The van der Waals surface area contributed by atoms with Gasteiger partial charge < -0.3 is 10.2 Å². The first kappa shape index (κ1) is 13.3. The highest BCUT2D eigenvalue weighted by Gasteiger charge is 2.07. The number of hydrogen-bond donors (Lipinski definition) is 2. The molecule has 3 nitrogen and oxygen atoms in total. The van der Waals surface area contributed by atoms with E-state index in [4.69, 9.17) is 4.89 Å². The molecule has 0 aliphatic heterocycles. The highest BCUT2D eigenvalue weighted by atomic mass is 31.2. The van der Waals surface area contributed by atoms with Gasteiger partial charge in [0.2, 0.25) is 0 Å². The Morgan fingerprint density at radius 3 is 2.31 bits per heavy atom. The summed E-state index contributed by atoms with van der Waals surface area (Å²) in [6, 6.07) is 6.29. The van der Waals surface area contributed by atoms with E-state index in [0.717, 1.165) is 18.7 Å². The number of anilines is 1. The molecule has 90 valence electrons. The predicted octanol–water partition coefficient (Wildman–Crippen LogP) is 3.01. The molecular formula is C12H20NO2P. The second kappa shape index (κ2) is 5.51. The first-order valence-corrected chi connectivity index (χ1v) is 7.77.